The van der Waals surface area contributed by atoms with Crippen LogP contribution in [0.15, 0.2) is 48.8 Å². The molecule has 6 nitrogen and oxygen atoms in total. The van der Waals surface area contributed by atoms with Crippen molar-refractivity contribution in [3.05, 3.63) is 54.4 Å². The molecule has 1 aliphatic rings. The molecule has 2 aromatic heterocycles. The van der Waals surface area contributed by atoms with Gasteiger partial charge in [0.2, 0.25) is 6.79 Å². The van der Waals surface area contributed by atoms with E-state index in [4.69, 9.17) is 15.2 Å². The summed E-state index contributed by atoms with van der Waals surface area (Å²) in [5, 5.41) is 9.48. The summed E-state index contributed by atoms with van der Waals surface area (Å²) in [7, 11) is 0. The molecule has 0 bridgehead atoms. The SMILES string of the molecule is N#Cc1c(-c2ccc3c(c2)OCO3)cc(-c2cccnc2)nc1N. The van der Waals surface area contributed by atoms with E-state index >= 15 is 0 Å². The molecular formula is C18H12N4O2. The van der Waals surface area contributed by atoms with Crippen LogP contribution < -0.4 is 15.2 Å². The molecule has 4 rings (SSSR count). The van der Waals surface area contributed by atoms with Gasteiger partial charge in [-0.1, -0.05) is 6.07 Å². The lowest BCUT2D eigenvalue weighted by Crippen LogP contribution is -2.00. The number of benzene rings is 1. The molecule has 3 heterocycles. The van der Waals surface area contributed by atoms with E-state index in [1.165, 1.54) is 0 Å². The molecule has 0 spiro atoms. The van der Waals surface area contributed by atoms with E-state index in [9.17, 15) is 5.26 Å². The summed E-state index contributed by atoms with van der Waals surface area (Å²) in [5.41, 5.74) is 9.35. The maximum Gasteiger partial charge on any atom is 0.231 e. The summed E-state index contributed by atoms with van der Waals surface area (Å²) in [6.07, 6.45) is 3.40. The minimum Gasteiger partial charge on any atom is -0.454 e. The maximum absolute atomic E-state index is 9.48. The normalized spacial score (nSPS) is 12.0. The third-order valence-corrected chi connectivity index (χ3v) is 3.80. The molecule has 0 radical (unpaired) electrons. The van der Waals surface area contributed by atoms with Crippen molar-refractivity contribution in [2.75, 3.05) is 12.5 Å². The van der Waals surface area contributed by atoms with Crippen LogP contribution in [0.25, 0.3) is 22.4 Å². The Labute approximate surface area is 138 Å². The number of nitrogens with zero attached hydrogens (tertiary/aromatic N) is 3. The van der Waals surface area contributed by atoms with Crippen LogP contribution >= 0.6 is 0 Å². The Bertz CT molecular complexity index is 965. The Hall–Kier alpha value is -3.59. The number of pyridine rings is 2. The fourth-order valence-corrected chi connectivity index (χ4v) is 2.64. The highest BCUT2D eigenvalue weighted by atomic mass is 16.7. The number of nitriles is 1. The smallest absolute Gasteiger partial charge is 0.231 e. The van der Waals surface area contributed by atoms with Gasteiger partial charge in [0.15, 0.2) is 11.5 Å². The molecule has 0 fully saturated rings. The summed E-state index contributed by atoms with van der Waals surface area (Å²) in [5.74, 6) is 1.52. The van der Waals surface area contributed by atoms with Crippen molar-refractivity contribution in [2.45, 2.75) is 0 Å². The van der Waals surface area contributed by atoms with Gasteiger partial charge in [-0.05, 0) is 35.9 Å². The van der Waals surface area contributed by atoms with Crippen LogP contribution in [0.3, 0.4) is 0 Å². The number of rotatable bonds is 2. The average Bonchev–Trinajstić information content (AvgIpc) is 3.09. The number of ether oxygens (including phenoxy) is 2. The molecule has 0 saturated heterocycles. The largest absolute Gasteiger partial charge is 0.454 e. The highest BCUT2D eigenvalue weighted by molar-refractivity contribution is 5.81. The summed E-state index contributed by atoms with van der Waals surface area (Å²) in [6.45, 7) is 0.198. The minimum atomic E-state index is 0.187. The third-order valence-electron chi connectivity index (χ3n) is 3.80. The van der Waals surface area contributed by atoms with Gasteiger partial charge in [0.05, 0.1) is 5.69 Å². The van der Waals surface area contributed by atoms with E-state index in [0.717, 1.165) is 11.1 Å². The molecule has 1 aliphatic heterocycles. The maximum atomic E-state index is 9.48. The second-order valence-corrected chi connectivity index (χ2v) is 5.24. The zero-order valence-electron chi connectivity index (χ0n) is 12.6. The molecule has 0 amide bonds. The first-order chi connectivity index (χ1) is 11.8. The number of nitrogen functional groups attached to an aromatic ring is 1. The zero-order chi connectivity index (χ0) is 16.5. The quantitative estimate of drug-likeness (QED) is 0.781. The zero-order valence-corrected chi connectivity index (χ0v) is 12.6. The van der Waals surface area contributed by atoms with Crippen molar-refractivity contribution in [3.8, 4) is 40.0 Å². The van der Waals surface area contributed by atoms with Crippen LogP contribution in [0.1, 0.15) is 5.56 Å². The van der Waals surface area contributed by atoms with Crippen LogP contribution in [-0.4, -0.2) is 16.8 Å². The molecule has 0 atom stereocenters. The van der Waals surface area contributed by atoms with Gasteiger partial charge in [0.1, 0.15) is 17.5 Å². The van der Waals surface area contributed by atoms with E-state index < -0.39 is 0 Å². The van der Waals surface area contributed by atoms with Crippen molar-refractivity contribution in [1.82, 2.24) is 9.97 Å². The van der Waals surface area contributed by atoms with Crippen LogP contribution in [0.5, 0.6) is 11.5 Å². The first-order valence-electron chi connectivity index (χ1n) is 7.27. The van der Waals surface area contributed by atoms with E-state index in [0.29, 0.717) is 28.3 Å². The Morgan fingerprint density at radius 3 is 2.75 bits per heavy atom. The van der Waals surface area contributed by atoms with Gasteiger partial charge < -0.3 is 15.2 Å². The molecule has 0 saturated carbocycles. The van der Waals surface area contributed by atoms with Crippen LogP contribution in [0, 0.1) is 11.3 Å². The minimum absolute atomic E-state index is 0.187. The van der Waals surface area contributed by atoms with Gasteiger partial charge in [-0.25, -0.2) is 4.98 Å². The number of nitrogens with two attached hydrogens (primary N) is 1. The summed E-state index contributed by atoms with van der Waals surface area (Å²) >= 11 is 0. The van der Waals surface area contributed by atoms with Crippen LogP contribution in [0.4, 0.5) is 5.82 Å². The number of fused-ring (bicyclic) bond motifs is 1. The molecule has 0 unspecified atom stereocenters. The second-order valence-electron chi connectivity index (χ2n) is 5.24. The van der Waals surface area contributed by atoms with E-state index in [1.807, 2.05) is 36.4 Å². The van der Waals surface area contributed by atoms with Crippen LogP contribution in [0.2, 0.25) is 0 Å². The molecule has 116 valence electrons. The summed E-state index contributed by atoms with van der Waals surface area (Å²) < 4.78 is 10.7. The molecule has 0 aliphatic carbocycles. The first-order valence-corrected chi connectivity index (χ1v) is 7.27. The lowest BCUT2D eigenvalue weighted by atomic mass is 9.98. The molecule has 24 heavy (non-hydrogen) atoms. The highest BCUT2D eigenvalue weighted by Crippen LogP contribution is 2.38. The Kier molecular flexibility index (Phi) is 3.25. The highest BCUT2D eigenvalue weighted by Gasteiger charge is 2.18. The molecule has 3 aromatic rings. The predicted octanol–water partition coefficient (Wildman–Crippen LogP) is 2.99. The van der Waals surface area contributed by atoms with Gasteiger partial charge >= 0.3 is 0 Å². The van der Waals surface area contributed by atoms with E-state index in [1.54, 1.807) is 12.4 Å². The van der Waals surface area contributed by atoms with Gasteiger partial charge in [0.25, 0.3) is 0 Å². The van der Waals surface area contributed by atoms with Gasteiger partial charge in [-0.15, -0.1) is 0 Å². The van der Waals surface area contributed by atoms with Gasteiger partial charge in [-0.3, -0.25) is 4.98 Å². The van der Waals surface area contributed by atoms with Crippen molar-refractivity contribution < 1.29 is 9.47 Å². The van der Waals surface area contributed by atoms with Crippen molar-refractivity contribution in [3.63, 3.8) is 0 Å². The fourth-order valence-electron chi connectivity index (χ4n) is 2.64. The Morgan fingerprint density at radius 2 is 1.96 bits per heavy atom. The monoisotopic (exact) mass is 316 g/mol. The summed E-state index contributed by atoms with van der Waals surface area (Å²) in [6, 6.07) is 13.2. The number of anilines is 1. The molecule has 1 aromatic carbocycles. The summed E-state index contributed by atoms with van der Waals surface area (Å²) in [4.78, 5) is 8.43. The Balaban J connectivity index is 1.91. The second kappa shape index (κ2) is 5.56. The third kappa shape index (κ3) is 2.29. The van der Waals surface area contributed by atoms with Gasteiger partial charge in [0, 0.05) is 23.5 Å². The van der Waals surface area contributed by atoms with Crippen molar-refractivity contribution in [1.29, 1.82) is 5.26 Å². The lowest BCUT2D eigenvalue weighted by Gasteiger charge is -2.10. The average molecular weight is 316 g/mol. The topological polar surface area (TPSA) is 94.0 Å². The number of hydrogen-bond acceptors (Lipinski definition) is 6. The molecular weight excluding hydrogens is 304 g/mol. The molecule has 2 N–H and O–H groups in total. The van der Waals surface area contributed by atoms with E-state index in [-0.39, 0.29) is 12.6 Å². The number of hydrogen-bond donors (Lipinski definition) is 1. The number of aromatic nitrogens is 2. The lowest BCUT2D eigenvalue weighted by molar-refractivity contribution is 0.174. The van der Waals surface area contributed by atoms with E-state index in [2.05, 4.69) is 16.0 Å². The first kappa shape index (κ1) is 14.0. The van der Waals surface area contributed by atoms with Crippen molar-refractivity contribution >= 4 is 5.82 Å². The fraction of sp³-hybridized carbons (Fsp3) is 0.0556. The standard InChI is InChI=1S/C18H12N4O2/c19-8-14-13(11-3-4-16-17(6-11)24-10-23-16)7-15(22-18(14)20)12-2-1-5-21-9-12/h1-7,9H,10H2,(H2,20,22). The predicted molar refractivity (Wildman–Crippen MR) is 88.2 cm³/mol. The Morgan fingerprint density at radius 1 is 1.08 bits per heavy atom. The van der Waals surface area contributed by atoms with Gasteiger partial charge in [-0.2, -0.15) is 5.26 Å². The van der Waals surface area contributed by atoms with Crippen LogP contribution in [-0.2, 0) is 0 Å². The molecule has 6 heteroatoms. The van der Waals surface area contributed by atoms with Crippen molar-refractivity contribution in [2.24, 2.45) is 0 Å².